The molecule has 2 unspecified atom stereocenters. The average Bonchev–Trinajstić information content (AvgIpc) is 2.61. The van der Waals surface area contributed by atoms with Crippen molar-refractivity contribution < 1.29 is 9.53 Å². The Hall–Kier alpha value is -2.27. The summed E-state index contributed by atoms with van der Waals surface area (Å²) in [7, 11) is 0. The molecule has 0 aliphatic carbocycles. The maximum absolute atomic E-state index is 13.0. The van der Waals surface area contributed by atoms with Crippen molar-refractivity contribution in [1.29, 1.82) is 0 Å². The molecule has 0 radical (unpaired) electrons. The van der Waals surface area contributed by atoms with Crippen LogP contribution in [0, 0.1) is 0 Å². The summed E-state index contributed by atoms with van der Waals surface area (Å²) in [6.45, 7) is 7.19. The van der Waals surface area contributed by atoms with Crippen LogP contribution in [0.5, 0.6) is 0 Å². The Balaban J connectivity index is 1.85. The Morgan fingerprint density at radius 3 is 2.71 bits per heavy atom. The van der Waals surface area contributed by atoms with Gasteiger partial charge >= 0.3 is 0 Å². The van der Waals surface area contributed by atoms with Crippen LogP contribution in [0.25, 0.3) is 0 Å². The van der Waals surface area contributed by atoms with E-state index < -0.39 is 0 Å². The summed E-state index contributed by atoms with van der Waals surface area (Å²) in [4.78, 5) is 23.2. The normalized spacial score (nSPS) is 21.1. The van der Waals surface area contributed by atoms with Gasteiger partial charge in [0.25, 0.3) is 5.91 Å². The summed E-state index contributed by atoms with van der Waals surface area (Å²) >= 11 is 0. The van der Waals surface area contributed by atoms with Crippen molar-refractivity contribution in [3.63, 3.8) is 0 Å². The molecule has 2 atom stereocenters. The van der Waals surface area contributed by atoms with Crippen LogP contribution in [-0.4, -0.2) is 40.0 Å². The molecule has 0 saturated carbocycles. The highest BCUT2D eigenvalue weighted by molar-refractivity contribution is 5.95. The molecule has 0 bridgehead atoms. The molecule has 5 nitrogen and oxygen atoms in total. The summed E-state index contributed by atoms with van der Waals surface area (Å²) in [6.07, 6.45) is 3.01. The van der Waals surface area contributed by atoms with Crippen LogP contribution in [0.2, 0.25) is 0 Å². The van der Waals surface area contributed by atoms with Gasteiger partial charge in [0.2, 0.25) is 0 Å². The number of hydrogen-bond donors (Lipinski definition) is 0. The van der Waals surface area contributed by atoms with Crippen molar-refractivity contribution in [2.45, 2.75) is 38.9 Å². The van der Waals surface area contributed by atoms with E-state index >= 15 is 0 Å². The molecule has 1 amide bonds. The molecular formula is C19H23N3O2. The van der Waals surface area contributed by atoms with Crippen LogP contribution in [-0.2, 0) is 4.74 Å². The van der Waals surface area contributed by atoms with E-state index in [1.165, 1.54) is 6.33 Å². The number of ether oxygens (including phenoxy) is 1. The SMILES string of the molecule is CC1CN(C(=O)c2cncnc2C(C)C)CC(c2ccccc2)O1. The molecule has 24 heavy (non-hydrogen) atoms. The van der Waals surface area contributed by atoms with Gasteiger partial charge in [-0.3, -0.25) is 4.79 Å². The van der Waals surface area contributed by atoms with Crippen molar-refractivity contribution in [1.82, 2.24) is 14.9 Å². The predicted octanol–water partition coefficient (Wildman–Crippen LogP) is 3.20. The second kappa shape index (κ2) is 7.09. The zero-order valence-electron chi connectivity index (χ0n) is 14.3. The Morgan fingerprint density at radius 2 is 2.00 bits per heavy atom. The van der Waals surface area contributed by atoms with Crippen molar-refractivity contribution >= 4 is 5.91 Å². The van der Waals surface area contributed by atoms with Crippen LogP contribution in [0.3, 0.4) is 0 Å². The van der Waals surface area contributed by atoms with E-state index in [0.717, 1.165) is 11.3 Å². The molecule has 0 N–H and O–H groups in total. The van der Waals surface area contributed by atoms with Gasteiger partial charge in [-0.15, -0.1) is 0 Å². The zero-order chi connectivity index (χ0) is 17.1. The van der Waals surface area contributed by atoms with Crippen LogP contribution in [0.15, 0.2) is 42.9 Å². The molecule has 126 valence electrons. The summed E-state index contributed by atoms with van der Waals surface area (Å²) in [5, 5.41) is 0. The lowest BCUT2D eigenvalue weighted by molar-refractivity contribution is -0.0692. The fraction of sp³-hybridized carbons (Fsp3) is 0.421. The lowest BCUT2D eigenvalue weighted by atomic mass is 10.0. The zero-order valence-corrected chi connectivity index (χ0v) is 14.3. The monoisotopic (exact) mass is 325 g/mol. The number of carbonyl (C=O) groups excluding carboxylic acids is 1. The summed E-state index contributed by atoms with van der Waals surface area (Å²) in [6, 6.07) is 10.0. The standard InChI is InChI=1S/C19H23N3O2/c1-13(2)18-16(9-20-12-21-18)19(23)22-10-14(3)24-17(11-22)15-7-5-4-6-8-15/h4-9,12-14,17H,10-11H2,1-3H3. The molecule has 1 aliphatic heterocycles. The third-order valence-corrected chi connectivity index (χ3v) is 4.24. The van der Waals surface area contributed by atoms with E-state index in [2.05, 4.69) is 9.97 Å². The molecule has 1 fully saturated rings. The number of hydrogen-bond acceptors (Lipinski definition) is 4. The number of carbonyl (C=O) groups is 1. The topological polar surface area (TPSA) is 55.3 Å². The second-order valence-electron chi connectivity index (χ2n) is 6.53. The Bertz CT molecular complexity index is 703. The number of benzene rings is 1. The summed E-state index contributed by atoms with van der Waals surface area (Å²) in [5.41, 5.74) is 2.48. The van der Waals surface area contributed by atoms with E-state index in [1.54, 1.807) is 6.20 Å². The Morgan fingerprint density at radius 1 is 1.25 bits per heavy atom. The van der Waals surface area contributed by atoms with Gasteiger partial charge in [-0.05, 0) is 18.4 Å². The third kappa shape index (κ3) is 3.46. The van der Waals surface area contributed by atoms with Gasteiger partial charge in [0.1, 0.15) is 12.4 Å². The van der Waals surface area contributed by atoms with Crippen molar-refractivity contribution in [3.8, 4) is 0 Å². The number of rotatable bonds is 3. The smallest absolute Gasteiger partial charge is 0.257 e. The lowest BCUT2D eigenvalue weighted by Crippen LogP contribution is -2.46. The van der Waals surface area contributed by atoms with Crippen molar-refractivity contribution in [2.24, 2.45) is 0 Å². The van der Waals surface area contributed by atoms with E-state index in [4.69, 9.17) is 4.74 Å². The largest absolute Gasteiger partial charge is 0.367 e. The van der Waals surface area contributed by atoms with Crippen LogP contribution >= 0.6 is 0 Å². The molecule has 1 aromatic carbocycles. The molecule has 5 heteroatoms. The first-order valence-corrected chi connectivity index (χ1v) is 8.36. The van der Waals surface area contributed by atoms with Crippen LogP contribution in [0.1, 0.15) is 54.4 Å². The Labute approximate surface area is 142 Å². The van der Waals surface area contributed by atoms with Gasteiger partial charge in [-0.25, -0.2) is 9.97 Å². The first-order valence-electron chi connectivity index (χ1n) is 8.36. The van der Waals surface area contributed by atoms with Gasteiger partial charge in [-0.2, -0.15) is 0 Å². The van der Waals surface area contributed by atoms with Crippen molar-refractivity contribution in [2.75, 3.05) is 13.1 Å². The summed E-state index contributed by atoms with van der Waals surface area (Å²) in [5.74, 6) is 0.158. The molecule has 0 spiro atoms. The molecule has 3 rings (SSSR count). The fourth-order valence-corrected chi connectivity index (χ4v) is 3.10. The number of aromatic nitrogens is 2. The minimum absolute atomic E-state index is 0.0139. The van der Waals surface area contributed by atoms with E-state index in [9.17, 15) is 4.79 Å². The minimum atomic E-state index is -0.106. The highest BCUT2D eigenvalue weighted by Crippen LogP contribution is 2.27. The third-order valence-electron chi connectivity index (χ3n) is 4.24. The molecule has 2 heterocycles. The lowest BCUT2D eigenvalue weighted by Gasteiger charge is -2.37. The quantitative estimate of drug-likeness (QED) is 0.869. The molecule has 1 saturated heterocycles. The van der Waals surface area contributed by atoms with Gasteiger partial charge in [0.15, 0.2) is 0 Å². The first kappa shape index (κ1) is 16.6. The van der Waals surface area contributed by atoms with E-state index in [0.29, 0.717) is 18.7 Å². The van der Waals surface area contributed by atoms with Gasteiger partial charge in [-0.1, -0.05) is 44.2 Å². The van der Waals surface area contributed by atoms with Gasteiger partial charge < -0.3 is 9.64 Å². The molecule has 1 aliphatic rings. The highest BCUT2D eigenvalue weighted by atomic mass is 16.5. The fourth-order valence-electron chi connectivity index (χ4n) is 3.10. The molecular weight excluding hydrogens is 302 g/mol. The molecule has 1 aromatic heterocycles. The van der Waals surface area contributed by atoms with Crippen LogP contribution < -0.4 is 0 Å². The maximum Gasteiger partial charge on any atom is 0.257 e. The first-order chi connectivity index (χ1) is 11.6. The number of nitrogens with zero attached hydrogens (tertiary/aromatic N) is 3. The van der Waals surface area contributed by atoms with Crippen molar-refractivity contribution in [3.05, 3.63) is 59.7 Å². The van der Waals surface area contributed by atoms with E-state index in [-0.39, 0.29) is 24.0 Å². The molecule has 2 aromatic rings. The van der Waals surface area contributed by atoms with Gasteiger partial charge in [0.05, 0.1) is 23.9 Å². The Kier molecular flexibility index (Phi) is 4.90. The maximum atomic E-state index is 13.0. The second-order valence-corrected chi connectivity index (χ2v) is 6.53. The predicted molar refractivity (Wildman–Crippen MR) is 91.8 cm³/mol. The minimum Gasteiger partial charge on any atom is -0.367 e. The van der Waals surface area contributed by atoms with E-state index in [1.807, 2.05) is 56.0 Å². The number of amides is 1. The number of morpholine rings is 1. The highest BCUT2D eigenvalue weighted by Gasteiger charge is 2.31. The van der Waals surface area contributed by atoms with Crippen LogP contribution in [0.4, 0.5) is 0 Å². The van der Waals surface area contributed by atoms with Gasteiger partial charge in [0, 0.05) is 12.7 Å². The summed E-state index contributed by atoms with van der Waals surface area (Å²) < 4.78 is 6.04. The average molecular weight is 325 g/mol.